The summed E-state index contributed by atoms with van der Waals surface area (Å²) < 4.78 is 0. The van der Waals surface area contributed by atoms with Gasteiger partial charge in [0.05, 0.1) is 5.69 Å². The van der Waals surface area contributed by atoms with Crippen molar-refractivity contribution in [3.63, 3.8) is 0 Å². The Kier molecular flexibility index (Phi) is 4.88. The smallest absolute Gasteiger partial charge is 0.242 e. The van der Waals surface area contributed by atoms with Gasteiger partial charge >= 0.3 is 0 Å². The minimum absolute atomic E-state index is 0.192. The maximum atomic E-state index is 11.7. The van der Waals surface area contributed by atoms with Crippen LogP contribution in [0.15, 0.2) is 64.4 Å². The van der Waals surface area contributed by atoms with Crippen molar-refractivity contribution in [2.45, 2.75) is 22.1 Å². The molecule has 98 valence electrons. The highest BCUT2D eigenvalue weighted by Crippen LogP contribution is 2.33. The van der Waals surface area contributed by atoms with E-state index in [0.717, 1.165) is 15.5 Å². The summed E-state index contributed by atoms with van der Waals surface area (Å²) in [4.78, 5) is 13.8. The molecule has 0 heterocycles. The predicted molar refractivity (Wildman–Crippen MR) is 81.0 cm³/mol. The van der Waals surface area contributed by atoms with Crippen LogP contribution in [0, 0.1) is 0 Å². The molecule has 0 fully saturated rings. The molecular weight excluding hydrogens is 278 g/mol. The van der Waals surface area contributed by atoms with Crippen LogP contribution in [0.3, 0.4) is 0 Å². The number of benzene rings is 2. The van der Waals surface area contributed by atoms with Crippen molar-refractivity contribution >= 4 is 35.0 Å². The molecule has 4 heteroatoms. The first-order chi connectivity index (χ1) is 9.16. The maximum Gasteiger partial charge on any atom is 0.242 e. The molecule has 2 rings (SSSR count). The first kappa shape index (κ1) is 14.0. The molecule has 2 aromatic rings. The summed E-state index contributed by atoms with van der Waals surface area (Å²) in [6, 6.07) is 17.7. The minimum Gasteiger partial charge on any atom is -0.324 e. The Labute approximate surface area is 122 Å². The fraction of sp³-hybridized carbons (Fsp3) is 0.133. The lowest BCUT2D eigenvalue weighted by atomic mass is 10.3. The molecule has 1 amide bonds. The van der Waals surface area contributed by atoms with E-state index >= 15 is 0 Å². The Morgan fingerprint density at radius 3 is 2.42 bits per heavy atom. The Morgan fingerprint density at radius 2 is 1.74 bits per heavy atom. The monoisotopic (exact) mass is 291 g/mol. The standard InChI is InChI=1S/C15H14ClNOS/c1-11(16)15(18)17-13-9-5-6-10-14(13)19-12-7-3-2-4-8-12/h2-11H,1H3,(H,17,18). The molecule has 1 atom stereocenters. The van der Waals surface area contributed by atoms with Gasteiger partial charge in [0.25, 0.3) is 0 Å². The second-order valence-corrected chi connectivity index (χ2v) is 5.79. The average Bonchev–Trinajstić information content (AvgIpc) is 2.42. The van der Waals surface area contributed by atoms with E-state index in [9.17, 15) is 4.79 Å². The Bertz CT molecular complexity index is 557. The van der Waals surface area contributed by atoms with Crippen LogP contribution in [0.4, 0.5) is 5.69 Å². The molecule has 1 N–H and O–H groups in total. The number of carbonyl (C=O) groups is 1. The molecule has 2 aromatic carbocycles. The van der Waals surface area contributed by atoms with Gasteiger partial charge in [-0.3, -0.25) is 4.79 Å². The van der Waals surface area contributed by atoms with Crippen LogP contribution in [-0.4, -0.2) is 11.3 Å². The van der Waals surface area contributed by atoms with Crippen molar-refractivity contribution in [2.75, 3.05) is 5.32 Å². The molecule has 0 saturated carbocycles. The zero-order chi connectivity index (χ0) is 13.7. The summed E-state index contributed by atoms with van der Waals surface area (Å²) in [5, 5.41) is 2.29. The molecule has 1 unspecified atom stereocenters. The van der Waals surface area contributed by atoms with E-state index in [1.807, 2.05) is 54.6 Å². The average molecular weight is 292 g/mol. The number of alkyl halides is 1. The topological polar surface area (TPSA) is 29.1 Å². The third-order valence-electron chi connectivity index (χ3n) is 2.48. The number of para-hydroxylation sites is 1. The normalized spacial score (nSPS) is 11.9. The number of amides is 1. The molecule has 0 aromatic heterocycles. The molecule has 0 aliphatic carbocycles. The molecule has 0 aliphatic heterocycles. The van der Waals surface area contributed by atoms with Crippen molar-refractivity contribution in [2.24, 2.45) is 0 Å². The van der Waals surface area contributed by atoms with Crippen LogP contribution in [0.2, 0.25) is 0 Å². The molecule has 0 spiro atoms. The first-order valence-corrected chi connectivity index (χ1v) is 7.19. The SMILES string of the molecule is CC(Cl)C(=O)Nc1ccccc1Sc1ccccc1. The van der Waals surface area contributed by atoms with Crippen LogP contribution in [0.5, 0.6) is 0 Å². The summed E-state index contributed by atoms with van der Waals surface area (Å²) in [5.74, 6) is -0.192. The van der Waals surface area contributed by atoms with Gasteiger partial charge in [-0.05, 0) is 31.2 Å². The number of nitrogens with one attached hydrogen (secondary N) is 1. The number of hydrogen-bond acceptors (Lipinski definition) is 2. The lowest BCUT2D eigenvalue weighted by Gasteiger charge is -2.11. The van der Waals surface area contributed by atoms with Gasteiger partial charge in [-0.25, -0.2) is 0 Å². The Morgan fingerprint density at radius 1 is 1.11 bits per heavy atom. The second kappa shape index (κ2) is 6.64. The summed E-state index contributed by atoms with van der Waals surface area (Å²) in [5.41, 5.74) is 0.786. The zero-order valence-corrected chi connectivity index (χ0v) is 12.0. The summed E-state index contributed by atoms with van der Waals surface area (Å²) in [6.07, 6.45) is 0. The highest BCUT2D eigenvalue weighted by molar-refractivity contribution is 7.99. The lowest BCUT2D eigenvalue weighted by molar-refractivity contribution is -0.115. The highest BCUT2D eigenvalue weighted by Gasteiger charge is 2.11. The quantitative estimate of drug-likeness (QED) is 0.846. The van der Waals surface area contributed by atoms with Gasteiger partial charge in [-0.2, -0.15) is 0 Å². The number of anilines is 1. The fourth-order valence-corrected chi connectivity index (χ4v) is 2.48. The summed E-state index contributed by atoms with van der Waals surface area (Å²) in [6.45, 7) is 1.66. The van der Waals surface area contributed by atoms with E-state index in [1.54, 1.807) is 18.7 Å². The van der Waals surface area contributed by atoms with Crippen molar-refractivity contribution in [3.05, 3.63) is 54.6 Å². The van der Waals surface area contributed by atoms with Gasteiger partial charge in [-0.15, -0.1) is 11.6 Å². The molecule has 0 radical (unpaired) electrons. The van der Waals surface area contributed by atoms with E-state index in [1.165, 1.54) is 0 Å². The Balaban J connectivity index is 2.19. The van der Waals surface area contributed by atoms with Crippen molar-refractivity contribution in [3.8, 4) is 0 Å². The van der Waals surface area contributed by atoms with Gasteiger partial charge in [0.1, 0.15) is 5.38 Å². The fourth-order valence-electron chi connectivity index (χ4n) is 1.51. The largest absolute Gasteiger partial charge is 0.324 e. The highest BCUT2D eigenvalue weighted by atomic mass is 35.5. The molecule has 2 nitrogen and oxygen atoms in total. The van der Waals surface area contributed by atoms with E-state index in [2.05, 4.69) is 5.32 Å². The second-order valence-electron chi connectivity index (χ2n) is 4.02. The van der Waals surface area contributed by atoms with Crippen molar-refractivity contribution in [1.29, 1.82) is 0 Å². The van der Waals surface area contributed by atoms with Gasteiger partial charge in [-0.1, -0.05) is 42.1 Å². The van der Waals surface area contributed by atoms with Gasteiger partial charge in [0.15, 0.2) is 0 Å². The van der Waals surface area contributed by atoms with Gasteiger partial charge < -0.3 is 5.32 Å². The van der Waals surface area contributed by atoms with Crippen LogP contribution in [-0.2, 0) is 4.79 Å². The van der Waals surface area contributed by atoms with Crippen LogP contribution in [0.1, 0.15) is 6.92 Å². The van der Waals surface area contributed by atoms with Gasteiger partial charge in [0, 0.05) is 9.79 Å². The third kappa shape index (κ3) is 4.01. The zero-order valence-electron chi connectivity index (χ0n) is 10.5. The minimum atomic E-state index is -0.546. The molecular formula is C15H14ClNOS. The van der Waals surface area contributed by atoms with Gasteiger partial charge in [0.2, 0.25) is 5.91 Å². The number of halogens is 1. The van der Waals surface area contributed by atoms with E-state index < -0.39 is 5.38 Å². The lowest BCUT2D eigenvalue weighted by Crippen LogP contribution is -2.20. The molecule has 0 aliphatic rings. The molecule has 0 saturated heterocycles. The number of rotatable bonds is 4. The van der Waals surface area contributed by atoms with Crippen LogP contribution < -0.4 is 5.32 Å². The third-order valence-corrected chi connectivity index (χ3v) is 3.76. The van der Waals surface area contributed by atoms with Crippen LogP contribution >= 0.6 is 23.4 Å². The van der Waals surface area contributed by atoms with Crippen molar-refractivity contribution < 1.29 is 4.79 Å². The predicted octanol–water partition coefficient (Wildman–Crippen LogP) is 4.40. The molecule has 19 heavy (non-hydrogen) atoms. The Hall–Kier alpha value is -1.45. The summed E-state index contributed by atoms with van der Waals surface area (Å²) in [7, 11) is 0. The maximum absolute atomic E-state index is 11.7. The summed E-state index contributed by atoms with van der Waals surface area (Å²) >= 11 is 7.38. The van der Waals surface area contributed by atoms with E-state index in [0.29, 0.717) is 0 Å². The van der Waals surface area contributed by atoms with Crippen molar-refractivity contribution in [1.82, 2.24) is 0 Å². The van der Waals surface area contributed by atoms with E-state index in [-0.39, 0.29) is 5.91 Å². The van der Waals surface area contributed by atoms with E-state index in [4.69, 9.17) is 11.6 Å². The van der Waals surface area contributed by atoms with Crippen LogP contribution in [0.25, 0.3) is 0 Å². The number of hydrogen-bond donors (Lipinski definition) is 1. The first-order valence-electron chi connectivity index (χ1n) is 5.93. The number of carbonyl (C=O) groups excluding carboxylic acids is 1. The molecule has 0 bridgehead atoms.